The fourth-order valence-electron chi connectivity index (χ4n) is 3.40. The number of benzene rings is 2. The van der Waals surface area contributed by atoms with E-state index in [0.29, 0.717) is 18.4 Å². The van der Waals surface area contributed by atoms with Gasteiger partial charge in [-0.1, -0.05) is 47.7 Å². The summed E-state index contributed by atoms with van der Waals surface area (Å²) in [4.78, 5) is 14.7. The van der Waals surface area contributed by atoms with Crippen LogP contribution in [0.25, 0.3) is 5.69 Å². The average Bonchev–Trinajstić information content (AvgIpc) is 3.19. The van der Waals surface area contributed by atoms with Crippen LogP contribution >= 0.6 is 11.8 Å². The largest absolute Gasteiger partial charge is 0.378 e. The van der Waals surface area contributed by atoms with Crippen LogP contribution < -0.4 is 10.2 Å². The molecule has 0 bridgehead atoms. The zero-order valence-corrected chi connectivity index (χ0v) is 18.0. The molecule has 8 heteroatoms. The molecule has 0 radical (unpaired) electrons. The molecule has 4 rings (SSSR count). The Labute approximate surface area is 180 Å². The molecule has 1 amide bonds. The Morgan fingerprint density at radius 1 is 1.10 bits per heavy atom. The van der Waals surface area contributed by atoms with E-state index in [0.717, 1.165) is 36.0 Å². The van der Waals surface area contributed by atoms with Gasteiger partial charge in [0.25, 0.3) is 0 Å². The molecular formula is C22H25N5O2S. The summed E-state index contributed by atoms with van der Waals surface area (Å²) in [7, 11) is 0. The van der Waals surface area contributed by atoms with Crippen molar-refractivity contribution >= 4 is 29.3 Å². The summed E-state index contributed by atoms with van der Waals surface area (Å²) in [6.07, 6.45) is 0. The van der Waals surface area contributed by atoms with Crippen LogP contribution in [0.5, 0.6) is 0 Å². The highest BCUT2D eigenvalue weighted by Crippen LogP contribution is 2.27. The number of amides is 1. The number of aryl methyl sites for hydroxylation is 2. The molecule has 3 aromatic rings. The maximum atomic E-state index is 12.6. The standard InChI is InChI=1S/C22H25N5O2S/c1-16-8-9-19(17(2)14-16)23-20(28)15-30-22-25-24-21(26-10-12-29-13-11-26)27(22)18-6-4-3-5-7-18/h3-9,14H,10-13,15H2,1-2H3,(H,23,28). The van der Waals surface area contributed by atoms with Crippen LogP contribution in [0, 0.1) is 13.8 Å². The first kappa shape index (κ1) is 20.4. The molecule has 30 heavy (non-hydrogen) atoms. The molecule has 0 atom stereocenters. The molecule has 156 valence electrons. The van der Waals surface area contributed by atoms with E-state index in [1.54, 1.807) is 0 Å². The third-order valence-corrected chi connectivity index (χ3v) is 5.84. The van der Waals surface area contributed by atoms with Crippen molar-refractivity contribution in [2.75, 3.05) is 42.3 Å². The lowest BCUT2D eigenvalue weighted by Gasteiger charge is -2.27. The zero-order chi connectivity index (χ0) is 20.9. The maximum Gasteiger partial charge on any atom is 0.234 e. The highest BCUT2D eigenvalue weighted by Gasteiger charge is 2.22. The molecule has 0 spiro atoms. The minimum absolute atomic E-state index is 0.0671. The summed E-state index contributed by atoms with van der Waals surface area (Å²) in [5.41, 5.74) is 4.04. The Balaban J connectivity index is 1.52. The number of anilines is 2. The first-order valence-electron chi connectivity index (χ1n) is 9.95. The summed E-state index contributed by atoms with van der Waals surface area (Å²) < 4.78 is 7.48. The van der Waals surface area contributed by atoms with E-state index in [9.17, 15) is 4.79 Å². The summed E-state index contributed by atoms with van der Waals surface area (Å²) >= 11 is 1.38. The molecule has 0 unspecified atom stereocenters. The van der Waals surface area contributed by atoms with Gasteiger partial charge in [0.1, 0.15) is 0 Å². The number of ether oxygens (including phenoxy) is 1. The van der Waals surface area contributed by atoms with Gasteiger partial charge in [0.05, 0.1) is 24.7 Å². The first-order valence-corrected chi connectivity index (χ1v) is 10.9. The molecule has 1 saturated heterocycles. The lowest BCUT2D eigenvalue weighted by atomic mass is 10.1. The van der Waals surface area contributed by atoms with Crippen LogP contribution in [-0.4, -0.2) is 52.7 Å². The summed E-state index contributed by atoms with van der Waals surface area (Å²) in [5.74, 6) is 0.964. The highest BCUT2D eigenvalue weighted by atomic mass is 32.2. The predicted molar refractivity (Wildman–Crippen MR) is 120 cm³/mol. The van der Waals surface area contributed by atoms with Crippen LogP contribution in [0.1, 0.15) is 11.1 Å². The fourth-order valence-corrected chi connectivity index (χ4v) is 4.14. The Hall–Kier alpha value is -2.84. The number of carbonyl (C=O) groups is 1. The monoisotopic (exact) mass is 423 g/mol. The van der Waals surface area contributed by atoms with Gasteiger partial charge in [-0.2, -0.15) is 0 Å². The molecule has 0 saturated carbocycles. The fraction of sp³-hybridized carbons (Fsp3) is 0.318. The van der Waals surface area contributed by atoms with Crippen LogP contribution in [0.2, 0.25) is 0 Å². The van der Waals surface area contributed by atoms with E-state index in [-0.39, 0.29) is 11.7 Å². The second kappa shape index (κ2) is 9.32. The van der Waals surface area contributed by atoms with Gasteiger partial charge in [0.15, 0.2) is 5.16 Å². The van der Waals surface area contributed by atoms with E-state index in [1.807, 2.05) is 60.9 Å². The van der Waals surface area contributed by atoms with Gasteiger partial charge < -0.3 is 15.0 Å². The number of thioether (sulfide) groups is 1. The van der Waals surface area contributed by atoms with Crippen molar-refractivity contribution in [1.29, 1.82) is 0 Å². The Morgan fingerprint density at radius 3 is 2.60 bits per heavy atom. The van der Waals surface area contributed by atoms with Gasteiger partial charge in [-0.25, -0.2) is 0 Å². The van der Waals surface area contributed by atoms with Crippen LogP contribution in [-0.2, 0) is 9.53 Å². The second-order valence-corrected chi connectivity index (χ2v) is 8.15. The van der Waals surface area contributed by atoms with Gasteiger partial charge >= 0.3 is 0 Å². The topological polar surface area (TPSA) is 72.3 Å². The van der Waals surface area contributed by atoms with E-state index in [4.69, 9.17) is 4.74 Å². The number of nitrogens with zero attached hydrogens (tertiary/aromatic N) is 4. The molecule has 2 heterocycles. The Bertz CT molecular complexity index is 1020. The number of aromatic nitrogens is 3. The van der Waals surface area contributed by atoms with Crippen LogP contribution in [0.4, 0.5) is 11.6 Å². The normalized spacial score (nSPS) is 14.0. The zero-order valence-electron chi connectivity index (χ0n) is 17.2. The van der Waals surface area contributed by atoms with E-state index >= 15 is 0 Å². The number of hydrogen-bond donors (Lipinski definition) is 1. The molecule has 1 aliphatic heterocycles. The minimum atomic E-state index is -0.0671. The number of nitrogens with one attached hydrogen (secondary N) is 1. The number of para-hydroxylation sites is 1. The molecule has 0 aliphatic carbocycles. The molecule has 1 fully saturated rings. The molecule has 1 aliphatic rings. The van der Waals surface area contributed by atoms with Crippen molar-refractivity contribution in [2.45, 2.75) is 19.0 Å². The number of hydrogen-bond acceptors (Lipinski definition) is 6. The van der Waals surface area contributed by atoms with Crippen molar-refractivity contribution < 1.29 is 9.53 Å². The SMILES string of the molecule is Cc1ccc(NC(=O)CSc2nnc(N3CCOCC3)n2-c2ccccc2)c(C)c1. The van der Waals surface area contributed by atoms with Gasteiger partial charge in [-0.3, -0.25) is 9.36 Å². The third kappa shape index (κ3) is 4.66. The number of rotatable bonds is 6. The van der Waals surface area contributed by atoms with Crippen molar-refractivity contribution in [2.24, 2.45) is 0 Å². The molecule has 1 aromatic heterocycles. The van der Waals surface area contributed by atoms with Crippen molar-refractivity contribution in [3.05, 3.63) is 59.7 Å². The average molecular weight is 424 g/mol. The quantitative estimate of drug-likeness (QED) is 0.613. The summed E-state index contributed by atoms with van der Waals surface area (Å²) in [5, 5.41) is 12.5. The van der Waals surface area contributed by atoms with Crippen LogP contribution in [0.15, 0.2) is 53.7 Å². The van der Waals surface area contributed by atoms with Crippen molar-refractivity contribution in [3.63, 3.8) is 0 Å². The first-order chi connectivity index (χ1) is 14.6. The Kier molecular flexibility index (Phi) is 6.35. The van der Waals surface area contributed by atoms with Gasteiger partial charge in [-0.15, -0.1) is 10.2 Å². The van der Waals surface area contributed by atoms with Crippen molar-refractivity contribution in [3.8, 4) is 5.69 Å². The molecule has 7 nitrogen and oxygen atoms in total. The summed E-state index contributed by atoms with van der Waals surface area (Å²) in [6, 6.07) is 16.0. The lowest BCUT2D eigenvalue weighted by Crippen LogP contribution is -2.37. The van der Waals surface area contributed by atoms with Crippen molar-refractivity contribution in [1.82, 2.24) is 14.8 Å². The highest BCUT2D eigenvalue weighted by molar-refractivity contribution is 7.99. The molecule has 2 aromatic carbocycles. The van der Waals surface area contributed by atoms with Gasteiger partial charge in [0.2, 0.25) is 11.9 Å². The summed E-state index contributed by atoms with van der Waals surface area (Å²) in [6.45, 7) is 6.91. The molecular weight excluding hydrogens is 398 g/mol. The number of carbonyl (C=O) groups excluding carboxylic acids is 1. The maximum absolute atomic E-state index is 12.6. The predicted octanol–water partition coefficient (Wildman–Crippen LogP) is 3.45. The van der Waals surface area contributed by atoms with Gasteiger partial charge in [-0.05, 0) is 37.6 Å². The smallest absolute Gasteiger partial charge is 0.234 e. The Morgan fingerprint density at radius 2 is 1.87 bits per heavy atom. The lowest BCUT2D eigenvalue weighted by molar-refractivity contribution is -0.113. The second-order valence-electron chi connectivity index (χ2n) is 7.21. The number of morpholine rings is 1. The van der Waals surface area contributed by atoms with E-state index in [1.165, 1.54) is 17.3 Å². The van der Waals surface area contributed by atoms with Gasteiger partial charge in [0, 0.05) is 18.8 Å². The third-order valence-electron chi connectivity index (χ3n) is 4.91. The minimum Gasteiger partial charge on any atom is -0.378 e. The van der Waals surface area contributed by atoms with Crippen LogP contribution in [0.3, 0.4) is 0 Å². The van der Waals surface area contributed by atoms with E-state index in [2.05, 4.69) is 26.5 Å². The van der Waals surface area contributed by atoms with E-state index < -0.39 is 0 Å². The molecule has 1 N–H and O–H groups in total.